The van der Waals surface area contributed by atoms with Gasteiger partial charge in [0.1, 0.15) is 6.54 Å². The summed E-state index contributed by atoms with van der Waals surface area (Å²) in [4.78, 5) is 13.6. The summed E-state index contributed by atoms with van der Waals surface area (Å²) >= 11 is 0. The Morgan fingerprint density at radius 3 is 2.52 bits per heavy atom. The van der Waals surface area contributed by atoms with E-state index in [1.807, 2.05) is 33.0 Å². The van der Waals surface area contributed by atoms with E-state index >= 15 is 0 Å². The van der Waals surface area contributed by atoms with E-state index < -0.39 is 0 Å². The molecule has 1 amide bonds. The van der Waals surface area contributed by atoms with Gasteiger partial charge in [-0.15, -0.1) is 0 Å². The van der Waals surface area contributed by atoms with Crippen LogP contribution in [0.3, 0.4) is 0 Å². The lowest BCUT2D eigenvalue weighted by molar-refractivity contribution is -0.907. The molecule has 2 aromatic carbocycles. The van der Waals surface area contributed by atoms with Gasteiger partial charge >= 0.3 is 0 Å². The number of carbonyl (C=O) groups is 1. The normalized spacial score (nSPS) is 12.6. The molecule has 2 atom stereocenters. The second kappa shape index (κ2) is 9.06. The quantitative estimate of drug-likeness (QED) is 0.783. The van der Waals surface area contributed by atoms with Crippen molar-refractivity contribution < 1.29 is 19.2 Å². The fraction of sp³-hybridized carbons (Fsp3) is 0.333. The lowest BCUT2D eigenvalue weighted by atomic mass is 10.1. The van der Waals surface area contributed by atoms with E-state index in [9.17, 15) is 4.79 Å². The van der Waals surface area contributed by atoms with Crippen LogP contribution in [0.15, 0.2) is 36.4 Å². The molecule has 6 heteroatoms. The third kappa shape index (κ3) is 4.99. The molecule has 0 saturated heterocycles. The summed E-state index contributed by atoms with van der Waals surface area (Å²) in [6.45, 7) is 4.57. The highest BCUT2D eigenvalue weighted by Gasteiger charge is 2.23. The zero-order valence-electron chi connectivity index (χ0n) is 16.4. The second-order valence-corrected chi connectivity index (χ2v) is 6.56. The highest BCUT2D eigenvalue weighted by molar-refractivity contribution is 5.93. The van der Waals surface area contributed by atoms with E-state index in [4.69, 9.17) is 14.7 Å². The predicted molar refractivity (Wildman–Crippen MR) is 104 cm³/mol. The first-order valence-electron chi connectivity index (χ1n) is 8.74. The Kier molecular flexibility index (Phi) is 6.80. The topological polar surface area (TPSA) is 75.8 Å². The summed E-state index contributed by atoms with van der Waals surface area (Å²) in [5, 5.41) is 11.9. The number of rotatable bonds is 7. The number of nitrogens with one attached hydrogen (secondary N) is 2. The Labute approximate surface area is 160 Å². The van der Waals surface area contributed by atoms with Crippen molar-refractivity contribution in [3.8, 4) is 17.6 Å². The summed E-state index contributed by atoms with van der Waals surface area (Å²) in [5.41, 5.74) is 3.32. The van der Waals surface area contributed by atoms with E-state index in [0.717, 1.165) is 16.0 Å². The van der Waals surface area contributed by atoms with Gasteiger partial charge in [0.2, 0.25) is 0 Å². The molecule has 0 radical (unpaired) electrons. The number of hydrogen-bond acceptors (Lipinski definition) is 4. The number of nitrogens with zero attached hydrogens (tertiary/aromatic N) is 1. The number of quaternary nitrogens is 1. The molecule has 0 heterocycles. The Morgan fingerprint density at radius 2 is 1.89 bits per heavy atom. The van der Waals surface area contributed by atoms with Crippen LogP contribution in [0.4, 0.5) is 5.69 Å². The maximum Gasteiger partial charge on any atom is 0.282 e. The Bertz CT molecular complexity index is 858. The van der Waals surface area contributed by atoms with Crippen molar-refractivity contribution in [3.63, 3.8) is 0 Å². The highest BCUT2D eigenvalue weighted by atomic mass is 16.5. The van der Waals surface area contributed by atoms with Gasteiger partial charge in [-0.1, -0.05) is 6.07 Å². The lowest BCUT2D eigenvalue weighted by Crippen LogP contribution is -3.12. The molecule has 0 spiro atoms. The number of carbonyl (C=O) groups excluding carboxylic acids is 1. The van der Waals surface area contributed by atoms with E-state index in [0.29, 0.717) is 29.3 Å². The van der Waals surface area contributed by atoms with Gasteiger partial charge in [-0.3, -0.25) is 4.79 Å². The number of amides is 1. The van der Waals surface area contributed by atoms with Crippen LogP contribution in [0, 0.1) is 18.3 Å². The number of aryl methyl sites for hydroxylation is 1. The summed E-state index contributed by atoms with van der Waals surface area (Å²) < 4.78 is 10.7. The van der Waals surface area contributed by atoms with Crippen molar-refractivity contribution in [3.05, 3.63) is 53.1 Å². The van der Waals surface area contributed by atoms with Gasteiger partial charge < -0.3 is 19.7 Å². The average Bonchev–Trinajstić information content (AvgIpc) is 2.68. The molecule has 0 aliphatic heterocycles. The number of anilines is 1. The molecule has 6 nitrogen and oxygen atoms in total. The first-order valence-corrected chi connectivity index (χ1v) is 8.74. The molecular weight excluding hydrogens is 342 g/mol. The highest BCUT2D eigenvalue weighted by Crippen LogP contribution is 2.29. The van der Waals surface area contributed by atoms with Crippen LogP contribution in [-0.2, 0) is 11.3 Å². The summed E-state index contributed by atoms with van der Waals surface area (Å²) in [5.74, 6) is 1.27. The van der Waals surface area contributed by atoms with Crippen molar-refractivity contribution in [2.24, 2.45) is 0 Å². The van der Waals surface area contributed by atoms with Gasteiger partial charge in [-0.05, 0) is 49.7 Å². The van der Waals surface area contributed by atoms with Gasteiger partial charge in [0, 0.05) is 11.3 Å². The first kappa shape index (κ1) is 20.3. The molecule has 0 aromatic heterocycles. The van der Waals surface area contributed by atoms with Crippen LogP contribution < -0.4 is 19.7 Å². The summed E-state index contributed by atoms with van der Waals surface area (Å²) in [6, 6.07) is 12.6. The standard InChI is InChI=1S/C21H25N3O3/c1-14-9-19(26-4)20(27-5)11-17(14)13-24(3)15(2)21(25)23-18-8-6-7-16(10-18)12-22/h6-11,15H,13H2,1-5H3,(H,23,25)/p+1/t15-/m1/s1. The molecule has 1 unspecified atom stereocenters. The number of methoxy groups -OCH3 is 2. The summed E-state index contributed by atoms with van der Waals surface area (Å²) in [7, 11) is 5.20. The fourth-order valence-electron chi connectivity index (χ4n) is 2.81. The van der Waals surface area contributed by atoms with Gasteiger partial charge in [0.05, 0.1) is 32.9 Å². The molecule has 2 aromatic rings. The van der Waals surface area contributed by atoms with E-state index in [2.05, 4.69) is 11.4 Å². The second-order valence-electron chi connectivity index (χ2n) is 6.56. The monoisotopic (exact) mass is 368 g/mol. The van der Waals surface area contributed by atoms with E-state index in [-0.39, 0.29) is 11.9 Å². The van der Waals surface area contributed by atoms with Crippen LogP contribution in [0.1, 0.15) is 23.6 Å². The molecule has 27 heavy (non-hydrogen) atoms. The van der Waals surface area contributed by atoms with Crippen molar-refractivity contribution in [2.45, 2.75) is 26.4 Å². The minimum atomic E-state index is -0.275. The maximum atomic E-state index is 12.6. The minimum Gasteiger partial charge on any atom is -0.493 e. The minimum absolute atomic E-state index is 0.0966. The third-order valence-electron chi connectivity index (χ3n) is 4.70. The predicted octanol–water partition coefficient (Wildman–Crippen LogP) is 1.93. The molecule has 0 aliphatic carbocycles. The van der Waals surface area contributed by atoms with Crippen LogP contribution in [0.5, 0.6) is 11.5 Å². The molecule has 0 aliphatic rings. The SMILES string of the molecule is COc1cc(C)c(C[NH+](C)[C@H](C)C(=O)Nc2cccc(C#N)c2)cc1OC. The number of hydrogen-bond donors (Lipinski definition) is 2. The Balaban J connectivity index is 2.09. The van der Waals surface area contributed by atoms with Crippen LogP contribution in [0.25, 0.3) is 0 Å². The van der Waals surface area contributed by atoms with Gasteiger partial charge in [-0.25, -0.2) is 0 Å². The third-order valence-corrected chi connectivity index (χ3v) is 4.70. The molecule has 0 fully saturated rings. The van der Waals surface area contributed by atoms with Crippen LogP contribution in [-0.4, -0.2) is 33.2 Å². The van der Waals surface area contributed by atoms with Crippen molar-refractivity contribution in [1.82, 2.24) is 0 Å². The zero-order chi connectivity index (χ0) is 20.0. The summed E-state index contributed by atoms with van der Waals surface area (Å²) in [6.07, 6.45) is 0. The fourth-order valence-corrected chi connectivity index (χ4v) is 2.81. The van der Waals surface area contributed by atoms with Crippen molar-refractivity contribution in [1.29, 1.82) is 5.26 Å². The first-order chi connectivity index (χ1) is 12.9. The maximum absolute atomic E-state index is 12.6. The number of benzene rings is 2. The molecule has 142 valence electrons. The largest absolute Gasteiger partial charge is 0.493 e. The van der Waals surface area contributed by atoms with Crippen LogP contribution >= 0.6 is 0 Å². The number of likely N-dealkylation sites (N-methyl/N-ethyl adjacent to an activating group) is 1. The smallest absolute Gasteiger partial charge is 0.282 e. The zero-order valence-corrected chi connectivity index (χ0v) is 16.4. The molecule has 2 rings (SSSR count). The van der Waals surface area contributed by atoms with Gasteiger partial charge in [-0.2, -0.15) is 5.26 Å². The lowest BCUT2D eigenvalue weighted by Gasteiger charge is -2.22. The van der Waals surface area contributed by atoms with Crippen molar-refractivity contribution in [2.75, 3.05) is 26.6 Å². The average molecular weight is 368 g/mol. The molecule has 2 N–H and O–H groups in total. The van der Waals surface area contributed by atoms with Gasteiger partial charge in [0.25, 0.3) is 5.91 Å². The van der Waals surface area contributed by atoms with Crippen LogP contribution in [0.2, 0.25) is 0 Å². The van der Waals surface area contributed by atoms with E-state index in [1.54, 1.807) is 38.5 Å². The molecule has 0 saturated carbocycles. The molecule has 0 bridgehead atoms. The molecular formula is C21H26N3O3+. The van der Waals surface area contributed by atoms with Gasteiger partial charge in [0.15, 0.2) is 17.5 Å². The number of ether oxygens (including phenoxy) is 2. The number of nitriles is 1. The Hall–Kier alpha value is -3.04. The van der Waals surface area contributed by atoms with Crippen molar-refractivity contribution >= 4 is 11.6 Å². The Morgan fingerprint density at radius 1 is 1.22 bits per heavy atom. The van der Waals surface area contributed by atoms with E-state index in [1.165, 1.54) is 0 Å².